The van der Waals surface area contributed by atoms with Crippen molar-refractivity contribution in [2.45, 2.75) is 45.3 Å². The fraction of sp³-hybridized carbons (Fsp3) is 0.455. The molecule has 0 bridgehead atoms. The van der Waals surface area contributed by atoms with Gasteiger partial charge in [-0.15, -0.1) is 0 Å². The number of amides is 1. The van der Waals surface area contributed by atoms with Crippen LogP contribution in [0.2, 0.25) is 0 Å². The number of benzene rings is 1. The second-order valence-electron chi connectivity index (χ2n) is 8.54. The van der Waals surface area contributed by atoms with Gasteiger partial charge in [-0.05, 0) is 51.8 Å². The third-order valence-corrected chi connectivity index (χ3v) is 5.73. The molecular formula is C22H28N6O2. The molecule has 0 atom stereocenters. The van der Waals surface area contributed by atoms with Crippen LogP contribution in [0, 0.1) is 5.41 Å². The fourth-order valence-corrected chi connectivity index (χ4v) is 3.60. The van der Waals surface area contributed by atoms with Crippen LogP contribution in [0.5, 0.6) is 5.75 Å². The molecule has 1 saturated heterocycles. The Bertz CT molecular complexity index is 985. The van der Waals surface area contributed by atoms with Crippen LogP contribution in [-0.4, -0.2) is 57.8 Å². The molecule has 158 valence electrons. The number of aromatic nitrogens is 2. The van der Waals surface area contributed by atoms with E-state index in [2.05, 4.69) is 16.9 Å². The van der Waals surface area contributed by atoms with Gasteiger partial charge in [-0.1, -0.05) is 0 Å². The number of nitrogens with two attached hydrogens (primary N) is 1. The molecule has 2 aliphatic rings. The highest BCUT2D eigenvalue weighted by Gasteiger charge is 2.40. The summed E-state index contributed by atoms with van der Waals surface area (Å²) in [6, 6.07) is 7.32. The molecule has 1 amide bonds. The van der Waals surface area contributed by atoms with Gasteiger partial charge >= 0.3 is 0 Å². The average molecular weight is 409 g/mol. The molecule has 1 aliphatic heterocycles. The van der Waals surface area contributed by atoms with E-state index in [1.54, 1.807) is 18.2 Å². The minimum Gasteiger partial charge on any atom is -0.488 e. The second kappa shape index (κ2) is 7.59. The van der Waals surface area contributed by atoms with E-state index in [0.29, 0.717) is 41.6 Å². The van der Waals surface area contributed by atoms with Crippen LogP contribution >= 0.6 is 0 Å². The minimum absolute atomic E-state index is 0.0779. The van der Waals surface area contributed by atoms with Crippen molar-refractivity contribution in [1.29, 1.82) is 5.41 Å². The van der Waals surface area contributed by atoms with E-state index in [1.165, 1.54) is 6.33 Å². The molecule has 1 aromatic carbocycles. The summed E-state index contributed by atoms with van der Waals surface area (Å²) < 4.78 is 6.02. The van der Waals surface area contributed by atoms with Gasteiger partial charge in [0.15, 0.2) is 0 Å². The van der Waals surface area contributed by atoms with Gasteiger partial charge in [-0.3, -0.25) is 10.2 Å². The van der Waals surface area contributed by atoms with E-state index >= 15 is 0 Å². The fourth-order valence-electron chi connectivity index (χ4n) is 3.60. The summed E-state index contributed by atoms with van der Waals surface area (Å²) in [6.07, 6.45) is 3.49. The first-order valence-corrected chi connectivity index (χ1v) is 10.3. The lowest BCUT2D eigenvalue weighted by Crippen LogP contribution is -2.53. The van der Waals surface area contributed by atoms with Gasteiger partial charge in [-0.25, -0.2) is 9.97 Å². The van der Waals surface area contributed by atoms with E-state index < -0.39 is 0 Å². The number of nitrogens with one attached hydrogen (secondary N) is 1. The molecule has 4 rings (SSSR count). The molecule has 2 fully saturated rings. The van der Waals surface area contributed by atoms with E-state index in [-0.39, 0.29) is 29.8 Å². The van der Waals surface area contributed by atoms with Crippen LogP contribution in [0.15, 0.2) is 30.6 Å². The smallest absolute Gasteiger partial charge is 0.242 e. The Hall–Kier alpha value is -3.16. The summed E-state index contributed by atoms with van der Waals surface area (Å²) in [6.45, 7) is 7.72. The zero-order valence-electron chi connectivity index (χ0n) is 17.7. The molecule has 1 aliphatic carbocycles. The van der Waals surface area contributed by atoms with Crippen LogP contribution in [0.3, 0.4) is 0 Å². The van der Waals surface area contributed by atoms with Crippen LogP contribution in [-0.2, 0) is 4.79 Å². The molecule has 0 spiro atoms. The number of hydrogen-bond donors (Lipinski definition) is 2. The monoisotopic (exact) mass is 408 g/mol. The molecule has 2 heterocycles. The summed E-state index contributed by atoms with van der Waals surface area (Å²) in [5.74, 6) is 1.42. The molecule has 8 heteroatoms. The number of rotatable bonds is 6. The maximum Gasteiger partial charge on any atom is 0.242 e. The standard InChI is InChI=1S/C22H28N6O2/c1-14(2)28-9-8-27(12-20(28)29)19-11-18(25-13-26-19)21(24)16-10-15(4-5-17(16)23)30-22(3)6-7-22/h4-5,10-11,13-14,24H,6-9,12,23H2,1-3H3. The van der Waals surface area contributed by atoms with Crippen molar-refractivity contribution in [2.75, 3.05) is 30.3 Å². The molecule has 0 radical (unpaired) electrons. The molecule has 1 aromatic heterocycles. The summed E-state index contributed by atoms with van der Waals surface area (Å²) >= 11 is 0. The summed E-state index contributed by atoms with van der Waals surface area (Å²) in [7, 11) is 0. The van der Waals surface area contributed by atoms with Crippen LogP contribution in [0.25, 0.3) is 0 Å². The van der Waals surface area contributed by atoms with Crippen molar-refractivity contribution >= 4 is 23.1 Å². The van der Waals surface area contributed by atoms with E-state index in [4.69, 9.17) is 15.9 Å². The van der Waals surface area contributed by atoms with Crippen molar-refractivity contribution in [2.24, 2.45) is 0 Å². The summed E-state index contributed by atoms with van der Waals surface area (Å²) in [5.41, 5.74) is 7.77. The summed E-state index contributed by atoms with van der Waals surface area (Å²) in [5, 5.41) is 8.67. The normalized spacial score (nSPS) is 17.9. The number of carbonyl (C=O) groups is 1. The Kier molecular flexibility index (Phi) is 5.09. The number of hydrogen-bond acceptors (Lipinski definition) is 7. The Morgan fingerprint density at radius 3 is 2.67 bits per heavy atom. The maximum absolute atomic E-state index is 12.4. The van der Waals surface area contributed by atoms with Gasteiger partial charge in [0.1, 0.15) is 23.5 Å². The first-order chi connectivity index (χ1) is 14.3. The second-order valence-corrected chi connectivity index (χ2v) is 8.54. The quantitative estimate of drug-likeness (QED) is 0.561. The third kappa shape index (κ3) is 4.08. The van der Waals surface area contributed by atoms with E-state index in [9.17, 15) is 4.79 Å². The predicted octanol–water partition coefficient (Wildman–Crippen LogP) is 2.46. The van der Waals surface area contributed by atoms with Crippen molar-refractivity contribution < 1.29 is 9.53 Å². The van der Waals surface area contributed by atoms with Gasteiger partial charge in [0.2, 0.25) is 5.91 Å². The van der Waals surface area contributed by atoms with Gasteiger partial charge in [0.05, 0.1) is 18.0 Å². The van der Waals surface area contributed by atoms with Gasteiger partial charge in [0.25, 0.3) is 0 Å². The van der Waals surface area contributed by atoms with Crippen LogP contribution in [0.4, 0.5) is 11.5 Å². The molecule has 0 unspecified atom stereocenters. The van der Waals surface area contributed by atoms with Crippen molar-refractivity contribution in [1.82, 2.24) is 14.9 Å². The lowest BCUT2D eigenvalue weighted by Gasteiger charge is -2.37. The van der Waals surface area contributed by atoms with Crippen molar-refractivity contribution in [3.05, 3.63) is 41.9 Å². The number of ether oxygens (including phenoxy) is 1. The predicted molar refractivity (Wildman–Crippen MR) is 116 cm³/mol. The van der Waals surface area contributed by atoms with Gasteiger partial charge in [-0.2, -0.15) is 0 Å². The van der Waals surface area contributed by atoms with Crippen molar-refractivity contribution in [3.8, 4) is 5.75 Å². The van der Waals surface area contributed by atoms with Crippen LogP contribution in [0.1, 0.15) is 44.9 Å². The zero-order chi connectivity index (χ0) is 21.5. The maximum atomic E-state index is 12.4. The average Bonchev–Trinajstić information content (AvgIpc) is 3.45. The molecule has 2 aromatic rings. The Morgan fingerprint density at radius 2 is 2.00 bits per heavy atom. The van der Waals surface area contributed by atoms with E-state index in [0.717, 1.165) is 12.8 Å². The highest BCUT2D eigenvalue weighted by molar-refractivity contribution is 6.13. The lowest BCUT2D eigenvalue weighted by atomic mass is 10.0. The topological polar surface area (TPSA) is 108 Å². The third-order valence-electron chi connectivity index (χ3n) is 5.73. The highest BCUT2D eigenvalue weighted by atomic mass is 16.5. The number of carbonyl (C=O) groups excluding carboxylic acids is 1. The molecule has 8 nitrogen and oxygen atoms in total. The number of anilines is 2. The SMILES string of the molecule is CC(C)N1CCN(c2cc(C(=N)c3cc(OC4(C)CC4)ccc3N)ncn2)CC1=O. The highest BCUT2D eigenvalue weighted by Crippen LogP contribution is 2.40. The molecule has 30 heavy (non-hydrogen) atoms. The van der Waals surface area contributed by atoms with Gasteiger partial charge < -0.3 is 20.3 Å². The number of nitrogens with zero attached hydrogens (tertiary/aromatic N) is 4. The lowest BCUT2D eigenvalue weighted by molar-refractivity contribution is -0.132. The molecule has 1 saturated carbocycles. The van der Waals surface area contributed by atoms with E-state index in [1.807, 2.05) is 29.7 Å². The Balaban J connectivity index is 1.55. The largest absolute Gasteiger partial charge is 0.488 e. The number of piperazine rings is 1. The van der Waals surface area contributed by atoms with Crippen molar-refractivity contribution in [3.63, 3.8) is 0 Å². The first-order valence-electron chi connectivity index (χ1n) is 10.3. The number of nitrogen functional groups attached to an aromatic ring is 1. The Labute approximate surface area is 176 Å². The van der Waals surface area contributed by atoms with Gasteiger partial charge in [0, 0.05) is 36.4 Å². The minimum atomic E-state index is -0.109. The van der Waals surface area contributed by atoms with Crippen LogP contribution < -0.4 is 15.4 Å². The summed E-state index contributed by atoms with van der Waals surface area (Å²) in [4.78, 5) is 24.8. The zero-order valence-corrected chi connectivity index (χ0v) is 17.7. The molecule has 3 N–H and O–H groups in total. The first kappa shape index (κ1) is 20.1. The molecular weight excluding hydrogens is 380 g/mol. The Morgan fingerprint density at radius 1 is 1.23 bits per heavy atom.